The smallest absolute Gasteiger partial charge is 0.255 e. The molecule has 1 saturated carbocycles. The maximum Gasteiger partial charge on any atom is 0.255 e. The van der Waals surface area contributed by atoms with Gasteiger partial charge in [0.2, 0.25) is 12.2 Å². The van der Waals surface area contributed by atoms with Crippen molar-refractivity contribution in [1.82, 2.24) is 10.4 Å². The van der Waals surface area contributed by atoms with E-state index in [2.05, 4.69) is 22.4 Å². The van der Waals surface area contributed by atoms with E-state index in [4.69, 9.17) is 20.6 Å². The molecule has 2 aromatic rings. The number of methoxy groups -OCH3 is 1. The van der Waals surface area contributed by atoms with Crippen LogP contribution in [-0.2, 0) is 10.3 Å². The highest BCUT2D eigenvalue weighted by molar-refractivity contribution is 5.97. The fourth-order valence-corrected chi connectivity index (χ4v) is 4.46. The summed E-state index contributed by atoms with van der Waals surface area (Å²) in [5.41, 5.74) is 7.37. The zero-order valence-electron chi connectivity index (χ0n) is 18.5. The van der Waals surface area contributed by atoms with Crippen molar-refractivity contribution in [2.45, 2.75) is 37.1 Å². The quantitative estimate of drug-likeness (QED) is 0.299. The molecule has 1 amide bonds. The third kappa shape index (κ3) is 5.01. The molecule has 8 heteroatoms. The maximum atomic E-state index is 12.9. The van der Waals surface area contributed by atoms with Gasteiger partial charge in [-0.2, -0.15) is 5.26 Å². The topological polar surface area (TPSA) is 113 Å². The largest absolute Gasteiger partial charge is 0.496 e. The zero-order chi connectivity index (χ0) is 23.0. The number of rotatable bonds is 7. The standard InChI is InChI=1S/C24H29N5O3/c1-31-21-11-7-6-10-20(21)22(30)27-16-24(18-8-4-3-5-9-18)14-12-19(13-15-24)29(32-2)23(26)28-17-25/h3-11,19H,12-16H2,1-2H3,(H2,26,28)(H,27,30)/t19-,24-. The molecule has 32 heavy (non-hydrogen) atoms. The summed E-state index contributed by atoms with van der Waals surface area (Å²) in [6, 6.07) is 17.4. The van der Waals surface area contributed by atoms with Crippen LogP contribution in [0.25, 0.3) is 0 Å². The molecule has 3 N–H and O–H groups in total. The van der Waals surface area contributed by atoms with Crippen molar-refractivity contribution in [3.63, 3.8) is 0 Å². The minimum Gasteiger partial charge on any atom is -0.496 e. The lowest BCUT2D eigenvalue weighted by atomic mass is 9.68. The Balaban J connectivity index is 1.78. The van der Waals surface area contributed by atoms with Gasteiger partial charge in [-0.1, -0.05) is 42.5 Å². The Labute approximate surface area is 188 Å². The van der Waals surface area contributed by atoms with E-state index in [1.54, 1.807) is 25.4 Å². The van der Waals surface area contributed by atoms with Crippen molar-refractivity contribution < 1.29 is 14.4 Å². The van der Waals surface area contributed by atoms with Crippen molar-refractivity contribution in [1.29, 1.82) is 5.26 Å². The van der Waals surface area contributed by atoms with Gasteiger partial charge in [0.05, 0.1) is 25.8 Å². The summed E-state index contributed by atoms with van der Waals surface area (Å²) in [5, 5.41) is 13.4. The van der Waals surface area contributed by atoms with Crippen molar-refractivity contribution in [3.05, 3.63) is 65.7 Å². The zero-order valence-corrected chi connectivity index (χ0v) is 18.5. The normalized spacial score (nSPS) is 20.8. The molecular formula is C24H29N5O3. The van der Waals surface area contributed by atoms with Gasteiger partial charge in [-0.15, -0.1) is 4.99 Å². The highest BCUT2D eigenvalue weighted by atomic mass is 16.7. The third-order valence-corrected chi connectivity index (χ3v) is 6.16. The van der Waals surface area contributed by atoms with E-state index in [9.17, 15) is 4.79 Å². The van der Waals surface area contributed by atoms with E-state index >= 15 is 0 Å². The number of carbonyl (C=O) groups is 1. The summed E-state index contributed by atoms with van der Waals surface area (Å²) < 4.78 is 5.34. The minimum atomic E-state index is -0.226. The average Bonchev–Trinajstić information content (AvgIpc) is 2.84. The van der Waals surface area contributed by atoms with Gasteiger partial charge < -0.3 is 15.8 Å². The van der Waals surface area contributed by atoms with Gasteiger partial charge in [0.15, 0.2) is 0 Å². The lowest BCUT2D eigenvalue weighted by Crippen LogP contribution is -2.50. The summed E-state index contributed by atoms with van der Waals surface area (Å²) in [7, 11) is 3.08. The number of ether oxygens (including phenoxy) is 1. The molecule has 168 valence electrons. The number of nitriles is 1. The number of carbonyl (C=O) groups excluding carboxylic acids is 1. The molecule has 0 aliphatic heterocycles. The first-order chi connectivity index (χ1) is 15.5. The lowest BCUT2D eigenvalue weighted by Gasteiger charge is -2.43. The predicted molar refractivity (Wildman–Crippen MR) is 122 cm³/mol. The van der Waals surface area contributed by atoms with Crippen LogP contribution in [0.2, 0.25) is 0 Å². The molecule has 8 nitrogen and oxygen atoms in total. The second-order valence-corrected chi connectivity index (χ2v) is 7.84. The lowest BCUT2D eigenvalue weighted by molar-refractivity contribution is -0.110. The SMILES string of the molecule is COc1ccccc1C(=O)NC[C@]1(c2ccccc2)CC[C@H](N(OC)C(N)=NC#N)CC1. The van der Waals surface area contributed by atoms with Crippen molar-refractivity contribution in [3.8, 4) is 11.9 Å². The summed E-state index contributed by atoms with van der Waals surface area (Å²) in [6.07, 6.45) is 4.88. The van der Waals surface area contributed by atoms with Gasteiger partial charge in [0, 0.05) is 12.0 Å². The highest BCUT2D eigenvalue weighted by Crippen LogP contribution is 2.40. The Morgan fingerprint density at radius 1 is 1.19 bits per heavy atom. The van der Waals surface area contributed by atoms with Crippen LogP contribution in [0.4, 0.5) is 0 Å². The molecule has 0 aromatic heterocycles. The van der Waals surface area contributed by atoms with E-state index in [0.717, 1.165) is 25.7 Å². The second-order valence-electron chi connectivity index (χ2n) is 7.84. The molecule has 0 bridgehead atoms. The van der Waals surface area contributed by atoms with Crippen molar-refractivity contribution >= 4 is 11.9 Å². The Kier molecular flexibility index (Phi) is 7.68. The highest BCUT2D eigenvalue weighted by Gasteiger charge is 2.39. The first-order valence-corrected chi connectivity index (χ1v) is 10.6. The number of hydrogen-bond acceptors (Lipinski definition) is 5. The number of guanidine groups is 1. The number of nitrogens with one attached hydrogen (secondary N) is 1. The number of aliphatic imine (C=N–C) groups is 1. The van der Waals surface area contributed by atoms with E-state index < -0.39 is 0 Å². The van der Waals surface area contributed by atoms with Gasteiger partial charge in [0.1, 0.15) is 5.75 Å². The number of benzene rings is 2. The summed E-state index contributed by atoms with van der Waals surface area (Å²) >= 11 is 0. The predicted octanol–water partition coefficient (Wildman–Crippen LogP) is 2.96. The first kappa shape index (κ1) is 23.1. The number of nitrogens with zero attached hydrogens (tertiary/aromatic N) is 3. The molecular weight excluding hydrogens is 406 g/mol. The molecule has 3 rings (SSSR count). The number of nitrogens with two attached hydrogens (primary N) is 1. The van der Waals surface area contributed by atoms with Gasteiger partial charge in [0.25, 0.3) is 5.91 Å². The third-order valence-electron chi connectivity index (χ3n) is 6.16. The van der Waals surface area contributed by atoms with Gasteiger partial charge in [-0.05, 0) is 43.4 Å². The molecule has 2 aromatic carbocycles. The van der Waals surface area contributed by atoms with E-state index in [-0.39, 0.29) is 23.3 Å². The Morgan fingerprint density at radius 2 is 1.84 bits per heavy atom. The summed E-state index contributed by atoms with van der Waals surface area (Å²) in [5.74, 6) is 0.436. The van der Waals surface area contributed by atoms with Gasteiger partial charge >= 0.3 is 0 Å². The molecule has 0 unspecified atom stereocenters. The van der Waals surface area contributed by atoms with Crippen LogP contribution in [0, 0.1) is 11.5 Å². The average molecular weight is 436 g/mol. The molecule has 1 fully saturated rings. The Morgan fingerprint density at radius 3 is 2.47 bits per heavy atom. The van der Waals surface area contributed by atoms with Gasteiger partial charge in [-0.25, -0.2) is 5.06 Å². The van der Waals surface area contributed by atoms with E-state index in [1.165, 1.54) is 17.7 Å². The number of amides is 1. The molecule has 0 saturated heterocycles. The van der Waals surface area contributed by atoms with Crippen LogP contribution in [0.1, 0.15) is 41.6 Å². The number of hydroxylamine groups is 2. The van der Waals surface area contributed by atoms with Crippen LogP contribution in [-0.4, -0.2) is 43.7 Å². The molecule has 0 radical (unpaired) electrons. The van der Waals surface area contributed by atoms with Crippen LogP contribution < -0.4 is 15.8 Å². The molecule has 0 spiro atoms. The molecule has 1 aliphatic carbocycles. The fourth-order valence-electron chi connectivity index (χ4n) is 4.46. The second kappa shape index (κ2) is 10.6. The van der Waals surface area contributed by atoms with Crippen LogP contribution >= 0.6 is 0 Å². The van der Waals surface area contributed by atoms with Crippen LogP contribution in [0.15, 0.2) is 59.6 Å². The molecule has 0 heterocycles. The van der Waals surface area contributed by atoms with E-state index in [1.807, 2.05) is 30.3 Å². The van der Waals surface area contributed by atoms with Crippen LogP contribution in [0.3, 0.4) is 0 Å². The monoisotopic (exact) mass is 435 g/mol. The van der Waals surface area contributed by atoms with Crippen molar-refractivity contribution in [2.24, 2.45) is 10.7 Å². The maximum absolute atomic E-state index is 12.9. The molecule has 1 aliphatic rings. The number of para-hydroxylation sites is 1. The van der Waals surface area contributed by atoms with Crippen molar-refractivity contribution in [2.75, 3.05) is 20.8 Å². The van der Waals surface area contributed by atoms with Gasteiger partial charge in [-0.3, -0.25) is 9.63 Å². The number of hydrogen-bond donors (Lipinski definition) is 2. The summed E-state index contributed by atoms with van der Waals surface area (Å²) in [6.45, 7) is 0.495. The molecule has 0 atom stereocenters. The Bertz CT molecular complexity index is 979. The van der Waals surface area contributed by atoms with E-state index in [0.29, 0.717) is 17.9 Å². The fraction of sp³-hybridized carbons (Fsp3) is 0.375. The minimum absolute atomic E-state index is 0.00106. The first-order valence-electron chi connectivity index (χ1n) is 10.6. The Hall–Kier alpha value is -3.57. The summed E-state index contributed by atoms with van der Waals surface area (Å²) in [4.78, 5) is 21.9. The van der Waals surface area contributed by atoms with Crippen LogP contribution in [0.5, 0.6) is 5.75 Å².